The van der Waals surface area contributed by atoms with Gasteiger partial charge in [-0.25, -0.2) is 4.79 Å². The van der Waals surface area contributed by atoms with Crippen LogP contribution in [0.5, 0.6) is 0 Å². The number of hydrogen-bond donors (Lipinski definition) is 2. The van der Waals surface area contributed by atoms with E-state index >= 15 is 0 Å². The molecule has 2 amide bonds. The van der Waals surface area contributed by atoms with Crippen molar-refractivity contribution < 1.29 is 14.7 Å². The second-order valence-electron chi connectivity index (χ2n) is 4.50. The Balaban J connectivity index is 2.20. The number of carboxylic acids is 1. The van der Waals surface area contributed by atoms with Gasteiger partial charge in [0, 0.05) is 11.9 Å². The van der Waals surface area contributed by atoms with Crippen LogP contribution in [0.1, 0.15) is 5.56 Å². The fourth-order valence-electron chi connectivity index (χ4n) is 1.84. The molecule has 1 aromatic carbocycles. The molecule has 0 aliphatic heterocycles. The van der Waals surface area contributed by atoms with Crippen LogP contribution in [0, 0.1) is 6.92 Å². The van der Waals surface area contributed by atoms with E-state index in [1.54, 1.807) is 42.6 Å². The summed E-state index contributed by atoms with van der Waals surface area (Å²) < 4.78 is 0. The molecular formula is C15H15N3O3. The molecule has 1 heterocycles. The van der Waals surface area contributed by atoms with E-state index in [0.717, 1.165) is 10.5 Å². The Labute approximate surface area is 122 Å². The predicted octanol–water partition coefficient (Wildman–Crippen LogP) is 2.51. The first-order valence-corrected chi connectivity index (χ1v) is 6.33. The van der Waals surface area contributed by atoms with E-state index < -0.39 is 18.5 Å². The van der Waals surface area contributed by atoms with Gasteiger partial charge in [-0.05, 0) is 30.7 Å². The van der Waals surface area contributed by atoms with Gasteiger partial charge >= 0.3 is 12.0 Å². The number of carboxylic acid groups (broad SMARTS) is 1. The molecule has 2 rings (SSSR count). The molecule has 21 heavy (non-hydrogen) atoms. The number of urea groups is 1. The lowest BCUT2D eigenvalue weighted by molar-refractivity contribution is -0.135. The molecule has 0 atom stereocenters. The smallest absolute Gasteiger partial charge is 0.326 e. The van der Waals surface area contributed by atoms with Gasteiger partial charge in [-0.15, -0.1) is 0 Å². The molecule has 1 aromatic heterocycles. The van der Waals surface area contributed by atoms with Crippen LogP contribution >= 0.6 is 0 Å². The minimum Gasteiger partial charge on any atom is -0.480 e. The monoisotopic (exact) mass is 285 g/mol. The van der Waals surface area contributed by atoms with Crippen molar-refractivity contribution in [1.29, 1.82) is 0 Å². The first-order valence-electron chi connectivity index (χ1n) is 6.33. The Hall–Kier alpha value is -2.89. The van der Waals surface area contributed by atoms with Gasteiger partial charge in [0.05, 0.1) is 11.9 Å². The summed E-state index contributed by atoms with van der Waals surface area (Å²) in [6.07, 6.45) is 3.18. The maximum atomic E-state index is 12.3. The van der Waals surface area contributed by atoms with E-state index in [0.29, 0.717) is 11.4 Å². The van der Waals surface area contributed by atoms with Gasteiger partial charge in [-0.2, -0.15) is 0 Å². The maximum absolute atomic E-state index is 12.3. The Morgan fingerprint density at radius 1 is 1.24 bits per heavy atom. The Bertz CT molecular complexity index is 644. The Morgan fingerprint density at radius 3 is 2.57 bits per heavy atom. The number of aryl methyl sites for hydroxylation is 1. The highest BCUT2D eigenvalue weighted by atomic mass is 16.4. The molecule has 0 radical (unpaired) electrons. The highest BCUT2D eigenvalue weighted by Gasteiger charge is 2.18. The third kappa shape index (κ3) is 4.04. The molecule has 0 saturated carbocycles. The van der Waals surface area contributed by atoms with E-state index in [1.165, 1.54) is 6.20 Å². The van der Waals surface area contributed by atoms with Crippen molar-refractivity contribution in [2.24, 2.45) is 0 Å². The topological polar surface area (TPSA) is 82.5 Å². The molecule has 0 saturated heterocycles. The highest BCUT2D eigenvalue weighted by molar-refractivity contribution is 6.04. The zero-order valence-corrected chi connectivity index (χ0v) is 11.5. The highest BCUT2D eigenvalue weighted by Crippen LogP contribution is 2.15. The number of aliphatic carboxylic acids is 1. The SMILES string of the molecule is Cc1cncc(NC(=O)N(CC(=O)O)c2ccccc2)c1. The number of aromatic nitrogens is 1. The molecular weight excluding hydrogens is 270 g/mol. The molecule has 0 spiro atoms. The van der Waals surface area contributed by atoms with E-state index in [9.17, 15) is 9.59 Å². The molecule has 0 aliphatic carbocycles. The van der Waals surface area contributed by atoms with E-state index in [1.807, 2.05) is 6.92 Å². The second-order valence-corrected chi connectivity index (χ2v) is 4.50. The molecule has 108 valence electrons. The van der Waals surface area contributed by atoms with Crippen LogP contribution in [0.25, 0.3) is 0 Å². The lowest BCUT2D eigenvalue weighted by Crippen LogP contribution is -2.38. The number of pyridine rings is 1. The normalized spacial score (nSPS) is 9.95. The number of rotatable bonds is 4. The molecule has 0 aliphatic rings. The third-order valence-electron chi connectivity index (χ3n) is 2.73. The van der Waals surface area contributed by atoms with Gasteiger partial charge in [0.25, 0.3) is 0 Å². The minimum atomic E-state index is -1.09. The minimum absolute atomic E-state index is 0.422. The number of nitrogens with one attached hydrogen (secondary N) is 1. The van der Waals surface area contributed by atoms with Crippen molar-refractivity contribution >= 4 is 23.4 Å². The third-order valence-corrected chi connectivity index (χ3v) is 2.73. The molecule has 0 unspecified atom stereocenters. The van der Waals surface area contributed by atoms with Crippen molar-refractivity contribution in [3.8, 4) is 0 Å². The van der Waals surface area contributed by atoms with Gasteiger partial charge in [0.1, 0.15) is 6.54 Å². The molecule has 2 aromatic rings. The van der Waals surface area contributed by atoms with Gasteiger partial charge in [-0.3, -0.25) is 14.7 Å². The average molecular weight is 285 g/mol. The van der Waals surface area contributed by atoms with E-state index in [-0.39, 0.29) is 0 Å². The summed E-state index contributed by atoms with van der Waals surface area (Å²) in [5.41, 5.74) is 1.93. The largest absolute Gasteiger partial charge is 0.480 e. The van der Waals surface area contributed by atoms with Crippen LogP contribution in [-0.2, 0) is 4.79 Å². The van der Waals surface area contributed by atoms with Crippen LogP contribution in [0.15, 0.2) is 48.8 Å². The summed E-state index contributed by atoms with van der Waals surface area (Å²) in [5, 5.41) is 11.6. The summed E-state index contributed by atoms with van der Waals surface area (Å²) >= 11 is 0. The zero-order valence-electron chi connectivity index (χ0n) is 11.5. The number of carbonyl (C=O) groups is 2. The predicted molar refractivity (Wildman–Crippen MR) is 79.4 cm³/mol. The first-order chi connectivity index (χ1) is 10.1. The van der Waals surface area contributed by atoms with Gasteiger partial charge < -0.3 is 10.4 Å². The molecule has 2 N–H and O–H groups in total. The van der Waals surface area contributed by atoms with E-state index in [2.05, 4.69) is 10.3 Å². The van der Waals surface area contributed by atoms with Crippen molar-refractivity contribution in [2.45, 2.75) is 6.92 Å². The number of anilines is 2. The van der Waals surface area contributed by atoms with Crippen LogP contribution in [0.2, 0.25) is 0 Å². The summed E-state index contributed by atoms with van der Waals surface area (Å²) in [5.74, 6) is -1.09. The standard InChI is InChI=1S/C15H15N3O3/c1-11-7-12(9-16-8-11)17-15(21)18(10-14(19)20)13-5-3-2-4-6-13/h2-9H,10H2,1H3,(H,17,21)(H,19,20). The van der Waals surface area contributed by atoms with Crippen molar-refractivity contribution in [1.82, 2.24) is 4.98 Å². The molecule has 0 bridgehead atoms. The lowest BCUT2D eigenvalue weighted by Gasteiger charge is -2.21. The summed E-state index contributed by atoms with van der Waals surface area (Å²) in [6, 6.07) is 9.88. The van der Waals surface area contributed by atoms with Gasteiger partial charge in [0.2, 0.25) is 0 Å². The maximum Gasteiger partial charge on any atom is 0.326 e. The Morgan fingerprint density at radius 2 is 1.95 bits per heavy atom. The van der Waals surface area contributed by atoms with Gasteiger partial charge in [-0.1, -0.05) is 18.2 Å². The second kappa shape index (κ2) is 6.51. The zero-order chi connectivity index (χ0) is 15.2. The number of para-hydroxylation sites is 1. The number of nitrogens with zero attached hydrogens (tertiary/aromatic N) is 2. The van der Waals surface area contributed by atoms with Crippen molar-refractivity contribution in [2.75, 3.05) is 16.8 Å². The van der Waals surface area contributed by atoms with E-state index in [4.69, 9.17) is 5.11 Å². The number of carbonyl (C=O) groups excluding carboxylic acids is 1. The van der Waals surface area contributed by atoms with Crippen LogP contribution in [0.4, 0.5) is 16.2 Å². The first kappa shape index (κ1) is 14.5. The van der Waals surface area contributed by atoms with Crippen LogP contribution in [-0.4, -0.2) is 28.6 Å². The van der Waals surface area contributed by atoms with Gasteiger partial charge in [0.15, 0.2) is 0 Å². The fourth-order valence-corrected chi connectivity index (χ4v) is 1.84. The van der Waals surface area contributed by atoms with Crippen LogP contribution < -0.4 is 10.2 Å². The van der Waals surface area contributed by atoms with Crippen molar-refractivity contribution in [3.05, 3.63) is 54.4 Å². The molecule has 6 heteroatoms. The quantitative estimate of drug-likeness (QED) is 0.904. The molecule has 0 fully saturated rings. The number of hydrogen-bond acceptors (Lipinski definition) is 3. The Kier molecular flexibility index (Phi) is 4.50. The van der Waals surface area contributed by atoms with Crippen molar-refractivity contribution in [3.63, 3.8) is 0 Å². The summed E-state index contributed by atoms with van der Waals surface area (Å²) in [4.78, 5) is 28.4. The number of amides is 2. The van der Waals surface area contributed by atoms with Crippen LogP contribution in [0.3, 0.4) is 0 Å². The summed E-state index contributed by atoms with van der Waals surface area (Å²) in [6.45, 7) is 1.43. The summed E-state index contributed by atoms with van der Waals surface area (Å²) in [7, 11) is 0. The molecule has 6 nitrogen and oxygen atoms in total. The fraction of sp³-hybridized carbons (Fsp3) is 0.133. The average Bonchev–Trinajstić information content (AvgIpc) is 2.45. The lowest BCUT2D eigenvalue weighted by atomic mass is 10.3. The number of benzene rings is 1.